The monoisotopic (exact) mass is 644 g/mol. The summed E-state index contributed by atoms with van der Waals surface area (Å²) in [7, 11) is 2.15. The molecule has 4 aliphatic rings. The average Bonchev–Trinajstić information content (AvgIpc) is 3.54. The Hall–Kier alpha value is -3.74. The molecule has 4 aromatic rings. The summed E-state index contributed by atoms with van der Waals surface area (Å²) in [4.78, 5) is 17.9. The molecule has 4 aliphatic heterocycles. The third-order valence-corrected chi connectivity index (χ3v) is 9.85. The number of nitrogens with two attached hydrogens (primary N) is 1. The van der Waals surface area contributed by atoms with Gasteiger partial charge < -0.3 is 36.4 Å². The minimum atomic E-state index is -2.02. The normalized spacial score (nSPS) is 18.7. The lowest BCUT2D eigenvalue weighted by Gasteiger charge is -2.34. The van der Waals surface area contributed by atoms with Gasteiger partial charge in [0.25, 0.3) is 0 Å². The van der Waals surface area contributed by atoms with Crippen molar-refractivity contribution in [3.8, 4) is 0 Å². The van der Waals surface area contributed by atoms with Crippen LogP contribution in [0.25, 0.3) is 0 Å². The van der Waals surface area contributed by atoms with Gasteiger partial charge in [0.05, 0.1) is 33.9 Å². The summed E-state index contributed by atoms with van der Waals surface area (Å²) in [5, 5.41) is 12.3. The lowest BCUT2D eigenvalue weighted by atomic mass is 10.2. The van der Waals surface area contributed by atoms with E-state index >= 15 is 0 Å². The highest BCUT2D eigenvalue weighted by Crippen LogP contribution is 2.39. The molecule has 5 N–H and O–H groups in total. The molecule has 6 heterocycles. The van der Waals surface area contributed by atoms with Crippen molar-refractivity contribution in [3.05, 3.63) is 81.5 Å². The van der Waals surface area contributed by atoms with E-state index in [0.29, 0.717) is 32.0 Å². The van der Waals surface area contributed by atoms with Gasteiger partial charge in [0, 0.05) is 66.2 Å². The lowest BCUT2D eigenvalue weighted by molar-refractivity contribution is 0.216. The van der Waals surface area contributed by atoms with E-state index in [1.54, 1.807) is 27.6 Å². The van der Waals surface area contributed by atoms with Crippen molar-refractivity contribution in [2.75, 3.05) is 77.0 Å². The standard InChI is InChI=1S/C17H20N4S.C12H11N3S.C5H12N2/c1-12-11-13-16(21-9-7-20(2)8-10-21)18-14-5-3-4-6-15(14)19-17(13)22-12;1-7-6-8-11(13)14-9-4-2-3-5-10(9)15-12(8)16-7;1-7-4-2-6-3-5-7/h3-6,11,19H,7-10H2,1-2H3;2-6,15H,1H3,(H2,13,14);6H,2-5H2,1H3/i2D3;;. The molecule has 11 heteroatoms. The summed E-state index contributed by atoms with van der Waals surface area (Å²) in [6, 6.07) is 20.2. The fourth-order valence-corrected chi connectivity index (χ4v) is 7.32. The third kappa shape index (κ3) is 7.57. The molecule has 0 spiro atoms. The quantitative estimate of drug-likeness (QED) is 0.183. The predicted octanol–water partition coefficient (Wildman–Crippen LogP) is 6.11. The van der Waals surface area contributed by atoms with Gasteiger partial charge in [-0.05, 0) is 64.3 Å². The number of likely N-dealkylation sites (N-methyl/N-ethyl adjacent to an activating group) is 2. The van der Waals surface area contributed by atoms with Crippen LogP contribution < -0.4 is 21.7 Å². The molecule has 0 aliphatic carbocycles. The van der Waals surface area contributed by atoms with Gasteiger partial charge in [-0.1, -0.05) is 24.3 Å². The minimum Gasteiger partial charge on any atom is -0.383 e. The molecular weight excluding hydrogens is 599 g/mol. The van der Waals surface area contributed by atoms with Gasteiger partial charge in [-0.3, -0.25) is 0 Å². The molecule has 9 nitrogen and oxygen atoms in total. The summed E-state index contributed by atoms with van der Waals surface area (Å²) in [5.74, 6) is 1.51. The number of nitrogens with one attached hydrogen (secondary N) is 3. The second-order valence-electron chi connectivity index (χ2n) is 11.4. The first-order valence-corrected chi connectivity index (χ1v) is 16.9. The Kier molecular flexibility index (Phi) is 8.66. The van der Waals surface area contributed by atoms with Crippen molar-refractivity contribution in [1.29, 1.82) is 0 Å². The Labute approximate surface area is 278 Å². The second kappa shape index (κ2) is 14.1. The van der Waals surface area contributed by atoms with E-state index in [4.69, 9.17) is 14.8 Å². The van der Waals surface area contributed by atoms with Crippen LogP contribution in [0, 0.1) is 13.8 Å². The number of rotatable bonds is 0. The topological polar surface area (TPSA) is 96.5 Å². The average molecular weight is 645 g/mol. The van der Waals surface area contributed by atoms with Crippen LogP contribution >= 0.6 is 22.7 Å². The zero-order chi connectivity index (χ0) is 33.8. The van der Waals surface area contributed by atoms with Crippen molar-refractivity contribution in [2.24, 2.45) is 15.7 Å². The number of piperazine rings is 2. The molecule has 2 saturated heterocycles. The zero-order valence-corrected chi connectivity index (χ0v) is 27.7. The van der Waals surface area contributed by atoms with Gasteiger partial charge in [0.2, 0.25) is 0 Å². The summed E-state index contributed by atoms with van der Waals surface area (Å²) in [6.45, 7) is 9.24. The van der Waals surface area contributed by atoms with E-state index in [0.717, 1.165) is 62.8 Å². The molecule has 8 rings (SSSR count). The first-order valence-electron chi connectivity index (χ1n) is 16.8. The molecule has 2 fully saturated rings. The SMILES string of the molecule is CN1CCNCC1.Cc1cc2c(s1)Nc1ccccc1N=C2N.[2H]C([2H])([2H])N1CCN(C2=Nc3ccccc3Nc3sc(C)cc32)CC1. The Morgan fingerprint density at radius 3 is 1.87 bits per heavy atom. The van der Waals surface area contributed by atoms with Crippen LogP contribution in [0.1, 0.15) is 25.0 Å². The van der Waals surface area contributed by atoms with Gasteiger partial charge in [-0.2, -0.15) is 0 Å². The maximum absolute atomic E-state index is 7.59. The molecule has 0 radical (unpaired) electrons. The van der Waals surface area contributed by atoms with Crippen LogP contribution in [0.15, 0.2) is 70.6 Å². The fraction of sp³-hybridized carbons (Fsp3) is 0.353. The summed E-state index contributed by atoms with van der Waals surface area (Å²) < 4.78 is 22.8. The van der Waals surface area contributed by atoms with Gasteiger partial charge in [-0.15, -0.1) is 22.7 Å². The van der Waals surface area contributed by atoms with Crippen molar-refractivity contribution in [2.45, 2.75) is 13.8 Å². The summed E-state index contributed by atoms with van der Waals surface area (Å²) in [6.07, 6.45) is 0. The Balaban J connectivity index is 0.000000148. The van der Waals surface area contributed by atoms with Crippen LogP contribution in [0.3, 0.4) is 0 Å². The van der Waals surface area contributed by atoms with E-state index < -0.39 is 6.98 Å². The number of hydrogen-bond acceptors (Lipinski definition) is 11. The van der Waals surface area contributed by atoms with Gasteiger partial charge >= 0.3 is 0 Å². The highest BCUT2D eigenvalue weighted by molar-refractivity contribution is 7.17. The molecule has 45 heavy (non-hydrogen) atoms. The maximum atomic E-state index is 7.59. The predicted molar refractivity (Wildman–Crippen MR) is 194 cm³/mol. The number of thiophene rings is 2. The van der Waals surface area contributed by atoms with Crippen molar-refractivity contribution < 1.29 is 4.11 Å². The number of benzene rings is 2. The molecule has 0 atom stereocenters. The van der Waals surface area contributed by atoms with Crippen molar-refractivity contribution in [1.82, 2.24) is 20.0 Å². The fourth-order valence-electron chi connectivity index (χ4n) is 5.47. The molecule has 0 amide bonds. The Morgan fingerprint density at radius 2 is 1.29 bits per heavy atom. The summed E-state index contributed by atoms with van der Waals surface area (Å²) >= 11 is 3.42. The molecule has 0 bridgehead atoms. The highest BCUT2D eigenvalue weighted by atomic mass is 32.1. The van der Waals surface area contributed by atoms with E-state index in [1.807, 2.05) is 48.5 Å². The van der Waals surface area contributed by atoms with Crippen LogP contribution in [-0.2, 0) is 0 Å². The molecule has 2 aromatic heterocycles. The number of nitrogens with zero attached hydrogens (tertiary/aromatic N) is 5. The lowest BCUT2D eigenvalue weighted by Crippen LogP contribution is -2.47. The first kappa shape index (κ1) is 27.6. The zero-order valence-electron chi connectivity index (χ0n) is 29.1. The Morgan fingerprint density at radius 1 is 0.733 bits per heavy atom. The molecule has 2 aromatic carbocycles. The molecular formula is C34H43N9S2. The molecule has 0 saturated carbocycles. The van der Waals surface area contributed by atoms with Crippen LogP contribution in [0.2, 0.25) is 0 Å². The third-order valence-electron chi connectivity index (χ3n) is 7.92. The van der Waals surface area contributed by atoms with Crippen LogP contribution in [0.5, 0.6) is 0 Å². The van der Waals surface area contributed by atoms with Gasteiger partial charge in [-0.25, -0.2) is 9.98 Å². The molecule has 0 unspecified atom stereocenters. The number of aryl methyl sites for hydroxylation is 2. The van der Waals surface area contributed by atoms with E-state index in [1.165, 1.54) is 22.8 Å². The first-order chi connectivity index (χ1) is 23.0. The Bertz CT molecular complexity index is 1780. The van der Waals surface area contributed by atoms with Crippen LogP contribution in [-0.4, -0.2) is 92.8 Å². The largest absolute Gasteiger partial charge is 0.383 e. The van der Waals surface area contributed by atoms with Crippen molar-refractivity contribution >= 4 is 67.1 Å². The van der Waals surface area contributed by atoms with E-state index in [-0.39, 0.29) is 0 Å². The van der Waals surface area contributed by atoms with Crippen LogP contribution in [0.4, 0.5) is 32.8 Å². The molecule has 236 valence electrons. The van der Waals surface area contributed by atoms with E-state index in [9.17, 15) is 0 Å². The summed E-state index contributed by atoms with van der Waals surface area (Å²) in [5.41, 5.74) is 11.9. The number of anilines is 4. The number of amidine groups is 2. The number of fused-ring (bicyclic) bond motifs is 4. The number of hydrogen-bond donors (Lipinski definition) is 4. The maximum Gasteiger partial charge on any atom is 0.139 e. The minimum absolute atomic E-state index is 0.517. The van der Waals surface area contributed by atoms with E-state index in [2.05, 4.69) is 63.8 Å². The smallest absolute Gasteiger partial charge is 0.139 e. The second-order valence-corrected chi connectivity index (χ2v) is 14.0. The van der Waals surface area contributed by atoms with Crippen molar-refractivity contribution in [3.63, 3.8) is 0 Å². The number of aliphatic imine (C=N–C) groups is 2. The number of para-hydroxylation sites is 4. The van der Waals surface area contributed by atoms with Gasteiger partial charge in [0.1, 0.15) is 21.7 Å². The highest BCUT2D eigenvalue weighted by Gasteiger charge is 2.25. The van der Waals surface area contributed by atoms with Gasteiger partial charge in [0.15, 0.2) is 0 Å².